The summed E-state index contributed by atoms with van der Waals surface area (Å²) in [7, 11) is 0. The van der Waals surface area contributed by atoms with Crippen LogP contribution in [0, 0.1) is 5.92 Å². The van der Waals surface area contributed by atoms with Gasteiger partial charge in [-0.05, 0) is 37.9 Å². The van der Waals surface area contributed by atoms with Gasteiger partial charge < -0.3 is 14.5 Å². The molecule has 0 aliphatic carbocycles. The molecule has 1 aromatic rings. The summed E-state index contributed by atoms with van der Waals surface area (Å²) in [6.45, 7) is 6.13. The number of rotatable bonds is 4. The number of benzene rings is 1. The lowest BCUT2D eigenvalue weighted by molar-refractivity contribution is -0.141. The second-order valence-electron chi connectivity index (χ2n) is 6.29. The van der Waals surface area contributed by atoms with Crippen LogP contribution in [0.15, 0.2) is 30.3 Å². The monoisotopic (exact) mass is 302 g/mol. The molecule has 0 atom stereocenters. The number of hydrogen-bond acceptors (Lipinski definition) is 3. The van der Waals surface area contributed by atoms with E-state index in [9.17, 15) is 4.79 Å². The third-order valence-electron chi connectivity index (χ3n) is 4.82. The molecule has 0 aromatic heterocycles. The molecule has 120 valence electrons. The summed E-state index contributed by atoms with van der Waals surface area (Å²) in [6, 6.07) is 10.6. The first-order valence-electron chi connectivity index (χ1n) is 8.46. The molecule has 2 aliphatic rings. The van der Waals surface area contributed by atoms with Gasteiger partial charge in [-0.25, -0.2) is 0 Å². The summed E-state index contributed by atoms with van der Waals surface area (Å²) in [5, 5.41) is 0. The molecule has 0 radical (unpaired) electrons. The zero-order valence-corrected chi connectivity index (χ0v) is 13.2. The Morgan fingerprint density at radius 1 is 1.05 bits per heavy atom. The molecule has 1 aromatic carbocycles. The minimum Gasteiger partial charge on any atom is -0.378 e. The molecule has 2 fully saturated rings. The Labute approximate surface area is 133 Å². The molecule has 2 heterocycles. The highest BCUT2D eigenvalue weighted by Gasteiger charge is 2.29. The van der Waals surface area contributed by atoms with E-state index in [1.165, 1.54) is 5.56 Å². The fourth-order valence-corrected chi connectivity index (χ4v) is 3.38. The molecule has 2 aliphatic heterocycles. The van der Waals surface area contributed by atoms with Crippen LogP contribution in [-0.4, -0.2) is 61.6 Å². The Kier molecular flexibility index (Phi) is 5.46. The molecular weight excluding hydrogens is 276 g/mol. The number of ether oxygens (including phenoxy) is 1. The van der Waals surface area contributed by atoms with Gasteiger partial charge in [0.25, 0.3) is 0 Å². The van der Waals surface area contributed by atoms with Crippen LogP contribution in [-0.2, 0) is 16.0 Å². The third-order valence-corrected chi connectivity index (χ3v) is 4.82. The van der Waals surface area contributed by atoms with Gasteiger partial charge >= 0.3 is 0 Å². The Bertz CT molecular complexity index is 463. The highest BCUT2D eigenvalue weighted by Crippen LogP contribution is 2.20. The van der Waals surface area contributed by atoms with Crippen LogP contribution in [0.5, 0.6) is 0 Å². The first kappa shape index (κ1) is 15.5. The molecule has 4 nitrogen and oxygen atoms in total. The summed E-state index contributed by atoms with van der Waals surface area (Å²) < 4.78 is 5.33. The van der Waals surface area contributed by atoms with Crippen molar-refractivity contribution in [2.75, 3.05) is 45.9 Å². The smallest absolute Gasteiger partial charge is 0.225 e. The zero-order valence-electron chi connectivity index (χ0n) is 13.2. The maximum atomic E-state index is 12.5. The number of morpholine rings is 1. The van der Waals surface area contributed by atoms with Crippen LogP contribution in [0.3, 0.4) is 0 Å². The summed E-state index contributed by atoms with van der Waals surface area (Å²) >= 11 is 0. The number of piperidine rings is 1. The third kappa shape index (κ3) is 4.08. The van der Waals surface area contributed by atoms with Crippen molar-refractivity contribution < 1.29 is 9.53 Å². The zero-order chi connectivity index (χ0) is 15.2. The van der Waals surface area contributed by atoms with Crippen molar-refractivity contribution in [1.29, 1.82) is 0 Å². The van der Waals surface area contributed by atoms with Gasteiger partial charge in [-0.1, -0.05) is 30.3 Å². The number of likely N-dealkylation sites (tertiary alicyclic amines) is 1. The van der Waals surface area contributed by atoms with Gasteiger partial charge in [-0.3, -0.25) is 4.79 Å². The quantitative estimate of drug-likeness (QED) is 0.850. The summed E-state index contributed by atoms with van der Waals surface area (Å²) in [5.41, 5.74) is 1.40. The van der Waals surface area contributed by atoms with E-state index in [4.69, 9.17) is 4.74 Å². The molecule has 4 heteroatoms. The minimum atomic E-state index is 0.228. The van der Waals surface area contributed by atoms with Crippen molar-refractivity contribution in [3.05, 3.63) is 35.9 Å². The van der Waals surface area contributed by atoms with Crippen molar-refractivity contribution in [2.45, 2.75) is 19.3 Å². The Balaban J connectivity index is 1.41. The highest BCUT2D eigenvalue weighted by atomic mass is 16.5. The number of amides is 1. The van der Waals surface area contributed by atoms with Crippen molar-refractivity contribution in [3.8, 4) is 0 Å². The van der Waals surface area contributed by atoms with Gasteiger partial charge in [0.1, 0.15) is 0 Å². The number of carbonyl (C=O) groups excluding carboxylic acids is 1. The molecule has 0 unspecified atom stereocenters. The fraction of sp³-hybridized carbons (Fsp3) is 0.611. The van der Waals surface area contributed by atoms with E-state index in [1.807, 2.05) is 4.90 Å². The van der Waals surface area contributed by atoms with Crippen LogP contribution in [0.25, 0.3) is 0 Å². The van der Waals surface area contributed by atoms with E-state index < -0.39 is 0 Å². The van der Waals surface area contributed by atoms with Gasteiger partial charge in [0.05, 0.1) is 13.2 Å². The van der Waals surface area contributed by atoms with E-state index in [0.717, 1.165) is 52.0 Å². The van der Waals surface area contributed by atoms with Gasteiger partial charge in [-0.15, -0.1) is 0 Å². The number of nitrogens with zero attached hydrogens (tertiary/aromatic N) is 2. The normalized spacial score (nSPS) is 21.0. The molecule has 2 saturated heterocycles. The lowest BCUT2D eigenvalue weighted by Gasteiger charge is -2.35. The fourth-order valence-electron chi connectivity index (χ4n) is 3.38. The van der Waals surface area contributed by atoms with Crippen LogP contribution in [0.1, 0.15) is 18.4 Å². The SMILES string of the molecule is O=C(C1CCN(CCc2ccccc2)CC1)N1CCOCC1. The Morgan fingerprint density at radius 3 is 2.41 bits per heavy atom. The average Bonchev–Trinajstić information content (AvgIpc) is 2.61. The Hall–Kier alpha value is -1.39. The van der Waals surface area contributed by atoms with Crippen LogP contribution < -0.4 is 0 Å². The van der Waals surface area contributed by atoms with Crippen LogP contribution in [0.4, 0.5) is 0 Å². The molecule has 3 rings (SSSR count). The molecule has 1 amide bonds. The maximum absolute atomic E-state index is 12.5. The predicted octanol–water partition coefficient (Wildman–Crippen LogP) is 1.80. The molecule has 22 heavy (non-hydrogen) atoms. The second kappa shape index (κ2) is 7.75. The molecule has 0 saturated carbocycles. The van der Waals surface area contributed by atoms with E-state index in [1.54, 1.807) is 0 Å². The van der Waals surface area contributed by atoms with Crippen molar-refractivity contribution >= 4 is 5.91 Å². The first-order valence-corrected chi connectivity index (χ1v) is 8.46. The first-order chi connectivity index (χ1) is 10.8. The lowest BCUT2D eigenvalue weighted by atomic mass is 9.95. The van der Waals surface area contributed by atoms with Crippen LogP contribution in [0.2, 0.25) is 0 Å². The largest absolute Gasteiger partial charge is 0.378 e. The molecular formula is C18H26N2O2. The summed E-state index contributed by atoms with van der Waals surface area (Å²) in [6.07, 6.45) is 3.11. The highest BCUT2D eigenvalue weighted by molar-refractivity contribution is 5.79. The van der Waals surface area contributed by atoms with Gasteiger partial charge in [0.2, 0.25) is 5.91 Å². The Morgan fingerprint density at radius 2 is 1.73 bits per heavy atom. The molecule has 0 spiro atoms. The standard InChI is InChI=1S/C18H26N2O2/c21-18(20-12-14-22-15-13-20)17-7-10-19(11-8-17)9-6-16-4-2-1-3-5-16/h1-5,17H,6-15H2. The summed E-state index contributed by atoms with van der Waals surface area (Å²) in [4.78, 5) is 17.0. The van der Waals surface area contributed by atoms with E-state index in [0.29, 0.717) is 19.1 Å². The van der Waals surface area contributed by atoms with Gasteiger partial charge in [0, 0.05) is 25.6 Å². The average molecular weight is 302 g/mol. The number of carbonyl (C=O) groups is 1. The van der Waals surface area contributed by atoms with Gasteiger partial charge in [0.15, 0.2) is 0 Å². The minimum absolute atomic E-state index is 0.228. The number of hydrogen-bond donors (Lipinski definition) is 0. The van der Waals surface area contributed by atoms with E-state index in [-0.39, 0.29) is 5.92 Å². The van der Waals surface area contributed by atoms with Crippen LogP contribution >= 0.6 is 0 Å². The second-order valence-corrected chi connectivity index (χ2v) is 6.29. The lowest BCUT2D eigenvalue weighted by Crippen LogP contribution is -2.47. The molecule has 0 N–H and O–H groups in total. The predicted molar refractivity (Wildman–Crippen MR) is 86.7 cm³/mol. The van der Waals surface area contributed by atoms with E-state index in [2.05, 4.69) is 35.2 Å². The topological polar surface area (TPSA) is 32.8 Å². The van der Waals surface area contributed by atoms with Gasteiger partial charge in [-0.2, -0.15) is 0 Å². The van der Waals surface area contributed by atoms with Crippen molar-refractivity contribution in [3.63, 3.8) is 0 Å². The van der Waals surface area contributed by atoms with E-state index >= 15 is 0 Å². The maximum Gasteiger partial charge on any atom is 0.225 e. The van der Waals surface area contributed by atoms with Crippen molar-refractivity contribution in [2.24, 2.45) is 5.92 Å². The molecule has 0 bridgehead atoms. The van der Waals surface area contributed by atoms with Crippen molar-refractivity contribution in [1.82, 2.24) is 9.80 Å². The summed E-state index contributed by atoms with van der Waals surface area (Å²) in [5.74, 6) is 0.581.